The summed E-state index contributed by atoms with van der Waals surface area (Å²) in [7, 11) is 0. The Kier molecular flexibility index (Phi) is 9.14. The van der Waals surface area contributed by atoms with Gasteiger partial charge in [-0.2, -0.15) is 0 Å². The van der Waals surface area contributed by atoms with Crippen molar-refractivity contribution in [2.75, 3.05) is 9.80 Å². The third-order valence-electron chi connectivity index (χ3n) is 13.3. The molecule has 0 saturated heterocycles. The first kappa shape index (κ1) is 37.6. The van der Waals surface area contributed by atoms with Crippen molar-refractivity contribution < 1.29 is 0 Å². The molecule has 3 aliphatic rings. The lowest BCUT2D eigenvalue weighted by Crippen LogP contribution is -2.40. The number of para-hydroxylation sites is 2. The number of hydrogen-bond donors (Lipinski definition) is 0. The van der Waals surface area contributed by atoms with Crippen LogP contribution in [0.25, 0.3) is 57.3 Å². The quantitative estimate of drug-likeness (QED) is 0.117. The molecule has 10 rings (SSSR count). The first-order valence-electron chi connectivity index (χ1n) is 21.5. The third kappa shape index (κ3) is 6.43. The highest BCUT2D eigenvalue weighted by molar-refractivity contribution is 5.92. The molecule has 1 aliphatic carbocycles. The number of hydrogen-bond acceptors (Lipinski definition) is 2. The number of benzene rings is 7. The van der Waals surface area contributed by atoms with Crippen molar-refractivity contribution in [1.29, 1.82) is 0 Å². The predicted octanol–water partition coefficient (Wildman–Crippen LogP) is 15.6. The molecule has 0 spiro atoms. The van der Waals surface area contributed by atoms with E-state index >= 15 is 0 Å². The zero-order valence-electron chi connectivity index (χ0n) is 35.4. The highest BCUT2D eigenvalue weighted by atomic mass is 15.2. The van der Waals surface area contributed by atoms with Gasteiger partial charge in [0, 0.05) is 34.2 Å². The minimum absolute atomic E-state index is 0.141. The highest BCUT2D eigenvalue weighted by Crippen LogP contribution is 2.52. The van der Waals surface area contributed by atoms with Crippen LogP contribution in [0, 0.1) is 0 Å². The van der Waals surface area contributed by atoms with E-state index in [9.17, 15) is 0 Å². The summed E-state index contributed by atoms with van der Waals surface area (Å²) in [6, 6.07) is 52.7. The molecule has 294 valence electrons. The van der Waals surface area contributed by atoms with E-state index in [0.29, 0.717) is 6.04 Å². The van der Waals surface area contributed by atoms with Gasteiger partial charge in [-0.15, -0.1) is 0 Å². The van der Waals surface area contributed by atoms with Crippen molar-refractivity contribution in [2.45, 2.75) is 64.5 Å². The molecule has 0 radical (unpaired) electrons. The summed E-state index contributed by atoms with van der Waals surface area (Å²) in [5, 5.41) is 2.50. The van der Waals surface area contributed by atoms with Gasteiger partial charge in [-0.25, -0.2) is 0 Å². The van der Waals surface area contributed by atoms with Crippen LogP contribution in [0.5, 0.6) is 0 Å². The second-order valence-corrected chi connectivity index (χ2v) is 17.9. The molecule has 7 aromatic carbocycles. The molecule has 0 aromatic heterocycles. The second-order valence-electron chi connectivity index (χ2n) is 17.9. The van der Waals surface area contributed by atoms with Crippen molar-refractivity contribution in [3.63, 3.8) is 0 Å². The molecule has 2 heterocycles. The smallest absolute Gasteiger partial charge is 0.0580 e. The molecule has 1 unspecified atom stereocenters. The van der Waals surface area contributed by atoms with Crippen LogP contribution in [0.2, 0.25) is 0 Å². The Bertz CT molecular complexity index is 2930. The maximum atomic E-state index is 3.97. The number of allylic oxidation sites excluding steroid dienone is 2. The molecule has 2 nitrogen and oxygen atoms in total. The van der Waals surface area contributed by atoms with Gasteiger partial charge in [-0.3, -0.25) is 0 Å². The van der Waals surface area contributed by atoms with Gasteiger partial charge in [0.25, 0.3) is 0 Å². The lowest BCUT2D eigenvalue weighted by atomic mass is 9.81. The Morgan fingerprint density at radius 3 is 2.17 bits per heavy atom. The molecule has 0 fully saturated rings. The first-order chi connectivity index (χ1) is 29.1. The SMILES string of the molecule is C=CC=Cc1cc(-c2ccc3cc(N4c5ccccc5CCC4C)ccc3c2)ccc1C=Cc1ccc2c(c1)C(C)(C)c1cc(N3c4ccccc4C=CC3(C)C)ccc1-2. The van der Waals surface area contributed by atoms with E-state index in [1.165, 1.54) is 89.2 Å². The number of aryl methyl sites for hydroxylation is 1. The van der Waals surface area contributed by atoms with Crippen LogP contribution < -0.4 is 9.80 Å². The van der Waals surface area contributed by atoms with Gasteiger partial charge in [0.15, 0.2) is 0 Å². The van der Waals surface area contributed by atoms with Gasteiger partial charge < -0.3 is 9.80 Å². The van der Waals surface area contributed by atoms with Gasteiger partial charge in [0.05, 0.1) is 5.54 Å². The maximum Gasteiger partial charge on any atom is 0.0580 e. The lowest BCUT2D eigenvalue weighted by Gasteiger charge is -2.42. The fourth-order valence-electron chi connectivity index (χ4n) is 10.0. The summed E-state index contributed by atoms with van der Waals surface area (Å²) < 4.78 is 0. The molecule has 60 heavy (non-hydrogen) atoms. The third-order valence-corrected chi connectivity index (χ3v) is 13.3. The highest BCUT2D eigenvalue weighted by Gasteiger charge is 2.38. The van der Waals surface area contributed by atoms with Gasteiger partial charge >= 0.3 is 0 Å². The Balaban J connectivity index is 0.926. The van der Waals surface area contributed by atoms with Gasteiger partial charge in [-0.05, 0) is 154 Å². The monoisotopic (exact) mass is 776 g/mol. The van der Waals surface area contributed by atoms with Crippen molar-refractivity contribution in [3.05, 3.63) is 203 Å². The lowest BCUT2D eigenvalue weighted by molar-refractivity contribution is 0.618. The molecular weight excluding hydrogens is 725 g/mol. The summed E-state index contributed by atoms with van der Waals surface area (Å²) >= 11 is 0. The van der Waals surface area contributed by atoms with Crippen LogP contribution in [0.1, 0.15) is 80.0 Å². The fourth-order valence-corrected chi connectivity index (χ4v) is 10.0. The van der Waals surface area contributed by atoms with Gasteiger partial charge in [0.2, 0.25) is 0 Å². The molecule has 7 aromatic rings. The molecule has 2 heteroatoms. The predicted molar refractivity (Wildman–Crippen MR) is 260 cm³/mol. The van der Waals surface area contributed by atoms with Gasteiger partial charge in [-0.1, -0.05) is 154 Å². The summed E-state index contributed by atoms with van der Waals surface area (Å²) in [6.45, 7) is 15.7. The number of anilines is 4. The van der Waals surface area contributed by atoms with Crippen LogP contribution in [0.15, 0.2) is 164 Å². The van der Waals surface area contributed by atoms with E-state index in [0.717, 1.165) is 18.4 Å². The Hall–Kier alpha value is -6.64. The summed E-state index contributed by atoms with van der Waals surface area (Å²) in [6.07, 6.45) is 17.4. The molecule has 0 N–H and O–H groups in total. The Morgan fingerprint density at radius 1 is 0.617 bits per heavy atom. The van der Waals surface area contributed by atoms with Crippen molar-refractivity contribution >= 4 is 57.8 Å². The van der Waals surface area contributed by atoms with Crippen molar-refractivity contribution in [2.24, 2.45) is 0 Å². The summed E-state index contributed by atoms with van der Waals surface area (Å²) in [5.41, 5.74) is 18.8. The molecular formula is C58H52N2. The normalized spacial score (nSPS) is 17.2. The molecule has 1 atom stereocenters. The van der Waals surface area contributed by atoms with E-state index in [-0.39, 0.29) is 11.0 Å². The fraction of sp³-hybridized carbons (Fsp3) is 0.172. The van der Waals surface area contributed by atoms with E-state index in [2.05, 4.69) is 221 Å². The average molecular weight is 777 g/mol. The topological polar surface area (TPSA) is 6.48 Å². The largest absolute Gasteiger partial charge is 0.338 e. The standard InChI is InChI=1S/C58H52N2/c1-7-8-13-44-35-45(46-25-26-48-37-49(28-27-47(48)36-46)59-39(2)18-21-42-14-9-11-16-55(42)59)24-23-41(44)22-19-40-20-30-51-52-31-29-50(38-54(52)58(5,6)53(51)34-40)60-56-17-12-10-15-43(56)32-33-57(60,3)4/h7-17,19-20,22-39H,1,18,21H2,2-6H3. The van der Waals surface area contributed by atoms with Crippen molar-refractivity contribution in [3.8, 4) is 22.3 Å². The van der Waals surface area contributed by atoms with Gasteiger partial charge in [0.1, 0.15) is 0 Å². The van der Waals surface area contributed by atoms with Crippen molar-refractivity contribution in [1.82, 2.24) is 0 Å². The second kappa shape index (κ2) is 14.6. The number of rotatable bonds is 7. The van der Waals surface area contributed by atoms with E-state index in [4.69, 9.17) is 0 Å². The summed E-state index contributed by atoms with van der Waals surface area (Å²) in [4.78, 5) is 5.01. The molecule has 2 aliphatic heterocycles. The van der Waals surface area contributed by atoms with Crippen LogP contribution in [0.3, 0.4) is 0 Å². The van der Waals surface area contributed by atoms with Crippen LogP contribution in [-0.2, 0) is 11.8 Å². The summed E-state index contributed by atoms with van der Waals surface area (Å²) in [5.74, 6) is 0. The molecule has 0 amide bonds. The van der Waals surface area contributed by atoms with E-state index < -0.39 is 0 Å². The number of nitrogens with zero attached hydrogens (tertiary/aromatic N) is 2. The zero-order chi connectivity index (χ0) is 41.2. The Morgan fingerprint density at radius 2 is 1.32 bits per heavy atom. The molecule has 0 saturated carbocycles. The zero-order valence-corrected chi connectivity index (χ0v) is 35.4. The number of fused-ring (bicyclic) bond motifs is 6. The Labute approximate surface area is 356 Å². The molecule has 0 bridgehead atoms. The first-order valence-corrected chi connectivity index (χ1v) is 21.5. The average Bonchev–Trinajstić information content (AvgIpc) is 3.48. The van der Waals surface area contributed by atoms with Crippen LogP contribution >= 0.6 is 0 Å². The minimum atomic E-state index is -0.145. The van der Waals surface area contributed by atoms with E-state index in [1.54, 1.807) is 0 Å². The van der Waals surface area contributed by atoms with Crippen LogP contribution in [-0.4, -0.2) is 11.6 Å². The maximum absolute atomic E-state index is 3.97. The van der Waals surface area contributed by atoms with Crippen LogP contribution in [0.4, 0.5) is 22.7 Å². The van der Waals surface area contributed by atoms with E-state index in [1.807, 2.05) is 12.2 Å². The minimum Gasteiger partial charge on any atom is -0.338 e.